The monoisotopic (exact) mass is 340 g/mol. The highest BCUT2D eigenvalue weighted by molar-refractivity contribution is 6.01. The Morgan fingerprint density at radius 3 is 2.12 bits per heavy atom. The molecule has 0 heterocycles. The van der Waals surface area contributed by atoms with Gasteiger partial charge in [-0.25, -0.2) is 4.79 Å². The van der Waals surface area contributed by atoms with E-state index in [1.807, 2.05) is 58.0 Å². The molecule has 0 unspecified atom stereocenters. The summed E-state index contributed by atoms with van der Waals surface area (Å²) in [6.07, 6.45) is -0.534. The van der Waals surface area contributed by atoms with Crippen molar-refractivity contribution in [1.82, 2.24) is 0 Å². The van der Waals surface area contributed by atoms with E-state index < -0.39 is 11.7 Å². The number of benzene rings is 2. The first-order valence-electron chi connectivity index (χ1n) is 8.08. The topological polar surface area (TPSA) is 51.1 Å². The first-order valence-corrected chi connectivity index (χ1v) is 8.08. The van der Waals surface area contributed by atoms with Crippen molar-refractivity contribution in [2.75, 3.05) is 12.1 Å². The number of amides is 1. The molecule has 0 aromatic heterocycles. The zero-order valence-electron chi connectivity index (χ0n) is 15.3. The van der Waals surface area contributed by atoms with Crippen LogP contribution in [0.4, 0.5) is 10.5 Å². The molecular weight excluding hydrogens is 316 g/mol. The highest BCUT2D eigenvalue weighted by Gasteiger charge is 2.23. The van der Waals surface area contributed by atoms with Crippen LogP contribution in [0.15, 0.2) is 59.7 Å². The smallest absolute Gasteiger partial charge is 0.435 e. The molecule has 0 spiro atoms. The molecule has 0 aliphatic heterocycles. The summed E-state index contributed by atoms with van der Waals surface area (Å²) in [4.78, 5) is 12.6. The van der Waals surface area contributed by atoms with E-state index in [0.717, 1.165) is 5.56 Å². The summed E-state index contributed by atoms with van der Waals surface area (Å²) < 4.78 is 10.7. The van der Waals surface area contributed by atoms with Crippen LogP contribution >= 0.6 is 0 Å². The summed E-state index contributed by atoms with van der Waals surface area (Å²) in [7, 11) is 1.60. The fourth-order valence-electron chi connectivity index (χ4n) is 2.12. The van der Waals surface area contributed by atoms with Gasteiger partial charge in [0.1, 0.15) is 11.4 Å². The molecule has 0 atom stereocenters. The van der Waals surface area contributed by atoms with Crippen LogP contribution in [0, 0.1) is 0 Å². The van der Waals surface area contributed by atoms with Crippen molar-refractivity contribution in [3.05, 3.63) is 60.2 Å². The summed E-state index contributed by atoms with van der Waals surface area (Å²) in [6, 6.07) is 16.8. The van der Waals surface area contributed by atoms with Crippen LogP contribution in [-0.4, -0.2) is 24.5 Å². The molecule has 132 valence electrons. The Labute approximate surface area is 148 Å². The number of ether oxygens (including phenoxy) is 2. The van der Waals surface area contributed by atoms with Crippen LogP contribution in [0.2, 0.25) is 0 Å². The Balaban J connectivity index is 2.39. The van der Waals surface area contributed by atoms with Gasteiger partial charge in [-0.05, 0) is 57.5 Å². The first kappa shape index (κ1) is 18.5. The summed E-state index contributed by atoms with van der Waals surface area (Å²) in [5.74, 6) is 0.705. The van der Waals surface area contributed by atoms with E-state index in [1.165, 1.54) is 5.01 Å². The number of rotatable bonds is 4. The number of hydrazone groups is 1. The molecule has 1 amide bonds. The molecule has 0 saturated carbocycles. The maximum absolute atomic E-state index is 12.6. The summed E-state index contributed by atoms with van der Waals surface area (Å²) >= 11 is 0. The molecular formula is C20H24N2O3. The van der Waals surface area contributed by atoms with Crippen molar-refractivity contribution in [1.29, 1.82) is 0 Å². The molecule has 0 fully saturated rings. The van der Waals surface area contributed by atoms with Crippen LogP contribution < -0.4 is 9.75 Å². The van der Waals surface area contributed by atoms with E-state index in [-0.39, 0.29) is 0 Å². The summed E-state index contributed by atoms with van der Waals surface area (Å²) in [5, 5.41) is 5.76. The molecule has 0 aliphatic carbocycles. The Morgan fingerprint density at radius 1 is 1.00 bits per heavy atom. The number of carbonyl (C=O) groups is 1. The summed E-state index contributed by atoms with van der Waals surface area (Å²) in [6.45, 7) is 7.33. The third-order valence-corrected chi connectivity index (χ3v) is 3.32. The minimum absolute atomic E-state index is 0.534. The predicted molar refractivity (Wildman–Crippen MR) is 100 cm³/mol. The Kier molecular flexibility index (Phi) is 5.80. The number of nitrogens with zero attached hydrogens (tertiary/aromatic N) is 2. The van der Waals surface area contributed by atoms with Crippen molar-refractivity contribution in [3.8, 4) is 5.75 Å². The first-order chi connectivity index (χ1) is 11.8. The van der Waals surface area contributed by atoms with Crippen LogP contribution in [0.25, 0.3) is 0 Å². The average molecular weight is 340 g/mol. The van der Waals surface area contributed by atoms with Crippen molar-refractivity contribution < 1.29 is 14.3 Å². The fourth-order valence-corrected chi connectivity index (χ4v) is 2.12. The van der Waals surface area contributed by atoms with Gasteiger partial charge in [-0.1, -0.05) is 30.3 Å². The third kappa shape index (κ3) is 5.35. The summed E-state index contributed by atoms with van der Waals surface area (Å²) in [5.41, 5.74) is 1.63. The van der Waals surface area contributed by atoms with Crippen molar-refractivity contribution >= 4 is 17.5 Å². The van der Waals surface area contributed by atoms with Gasteiger partial charge in [0.05, 0.1) is 18.5 Å². The molecule has 2 rings (SSSR count). The molecule has 25 heavy (non-hydrogen) atoms. The minimum Gasteiger partial charge on any atom is -0.497 e. The quantitative estimate of drug-likeness (QED) is 0.590. The molecule has 0 saturated heterocycles. The normalized spacial score (nSPS) is 11.8. The molecule has 0 aliphatic rings. The van der Waals surface area contributed by atoms with Gasteiger partial charge in [0, 0.05) is 0 Å². The van der Waals surface area contributed by atoms with E-state index in [1.54, 1.807) is 31.4 Å². The molecule has 5 nitrogen and oxygen atoms in total. The van der Waals surface area contributed by atoms with E-state index in [4.69, 9.17) is 9.47 Å². The standard InChI is InChI=1S/C20H24N2O3/c1-15(16-9-7-6-8-10-16)21-22(19(23)25-20(2,3)4)17-11-13-18(24-5)14-12-17/h6-14H,1-5H3/b21-15+. The number of carbonyl (C=O) groups excluding carboxylic acids is 1. The van der Waals surface area contributed by atoms with Gasteiger partial charge in [-0.15, -0.1) is 0 Å². The van der Waals surface area contributed by atoms with Gasteiger partial charge in [-0.2, -0.15) is 10.1 Å². The van der Waals surface area contributed by atoms with Gasteiger partial charge >= 0.3 is 6.09 Å². The van der Waals surface area contributed by atoms with Gasteiger partial charge in [0.15, 0.2) is 0 Å². The van der Waals surface area contributed by atoms with E-state index in [9.17, 15) is 4.79 Å². The van der Waals surface area contributed by atoms with Crippen molar-refractivity contribution in [3.63, 3.8) is 0 Å². The molecule has 0 radical (unpaired) electrons. The maximum Gasteiger partial charge on any atom is 0.435 e. The van der Waals surface area contributed by atoms with E-state index in [2.05, 4.69) is 5.10 Å². The lowest BCUT2D eigenvalue weighted by molar-refractivity contribution is 0.0581. The van der Waals surface area contributed by atoms with Gasteiger partial charge in [0.25, 0.3) is 0 Å². The predicted octanol–water partition coefficient (Wildman–Crippen LogP) is 4.86. The lowest BCUT2D eigenvalue weighted by atomic mass is 10.1. The lowest BCUT2D eigenvalue weighted by Crippen LogP contribution is -2.34. The fraction of sp³-hybridized carbons (Fsp3) is 0.300. The number of hydrogen-bond acceptors (Lipinski definition) is 4. The number of methoxy groups -OCH3 is 1. The van der Waals surface area contributed by atoms with Crippen LogP contribution in [0.5, 0.6) is 5.75 Å². The zero-order valence-corrected chi connectivity index (χ0v) is 15.3. The second-order valence-electron chi connectivity index (χ2n) is 6.54. The number of anilines is 1. The largest absolute Gasteiger partial charge is 0.497 e. The zero-order chi connectivity index (χ0) is 18.4. The van der Waals surface area contributed by atoms with Crippen LogP contribution in [-0.2, 0) is 4.74 Å². The average Bonchev–Trinajstić information content (AvgIpc) is 2.59. The Hall–Kier alpha value is -2.82. The van der Waals surface area contributed by atoms with Gasteiger partial charge in [0.2, 0.25) is 0 Å². The highest BCUT2D eigenvalue weighted by atomic mass is 16.6. The van der Waals surface area contributed by atoms with E-state index >= 15 is 0 Å². The molecule has 5 heteroatoms. The lowest BCUT2D eigenvalue weighted by Gasteiger charge is -2.25. The molecule has 0 bridgehead atoms. The number of hydrogen-bond donors (Lipinski definition) is 0. The van der Waals surface area contributed by atoms with Gasteiger partial charge < -0.3 is 9.47 Å². The third-order valence-electron chi connectivity index (χ3n) is 3.32. The maximum atomic E-state index is 12.6. The van der Waals surface area contributed by atoms with Crippen molar-refractivity contribution in [2.45, 2.75) is 33.3 Å². The molecule has 2 aromatic carbocycles. The highest BCUT2D eigenvalue weighted by Crippen LogP contribution is 2.22. The second-order valence-corrected chi connectivity index (χ2v) is 6.54. The van der Waals surface area contributed by atoms with Gasteiger partial charge in [-0.3, -0.25) is 0 Å². The SMILES string of the molecule is COc1ccc(N(/N=C(\C)c2ccccc2)C(=O)OC(C)(C)C)cc1. The van der Waals surface area contributed by atoms with Crippen molar-refractivity contribution in [2.24, 2.45) is 5.10 Å². The Morgan fingerprint density at radius 2 is 1.60 bits per heavy atom. The van der Waals surface area contributed by atoms with E-state index in [0.29, 0.717) is 17.1 Å². The Bertz CT molecular complexity index is 732. The molecule has 0 N–H and O–H groups in total. The van der Waals surface area contributed by atoms with Crippen LogP contribution in [0.1, 0.15) is 33.3 Å². The second kappa shape index (κ2) is 7.83. The minimum atomic E-state index is -0.613. The molecule has 2 aromatic rings. The van der Waals surface area contributed by atoms with Crippen LogP contribution in [0.3, 0.4) is 0 Å².